The zero-order chi connectivity index (χ0) is 19.8. The summed E-state index contributed by atoms with van der Waals surface area (Å²) in [7, 11) is 0. The van der Waals surface area contributed by atoms with Crippen molar-refractivity contribution in [2.45, 2.75) is 19.6 Å². The summed E-state index contributed by atoms with van der Waals surface area (Å²) in [6, 6.07) is 21.8. The molecule has 1 amide bonds. The highest BCUT2D eigenvalue weighted by Gasteiger charge is 2.16. The second-order valence-electron chi connectivity index (χ2n) is 6.14. The molecule has 2 aromatic carbocycles. The van der Waals surface area contributed by atoms with Gasteiger partial charge in [0.2, 0.25) is 5.76 Å². The average Bonchev–Trinajstić information content (AvgIpc) is 3.21. The minimum atomic E-state index is -0.700. The van der Waals surface area contributed by atoms with Gasteiger partial charge in [0.15, 0.2) is 6.61 Å². The minimum absolute atomic E-state index is 0.0237. The number of furan rings is 1. The summed E-state index contributed by atoms with van der Waals surface area (Å²) in [5.74, 6) is 0.123. The van der Waals surface area contributed by atoms with Crippen LogP contribution in [0.1, 0.15) is 34.8 Å². The first kappa shape index (κ1) is 19.2. The summed E-state index contributed by atoms with van der Waals surface area (Å²) in [5.41, 5.74) is 0.969. The van der Waals surface area contributed by atoms with Gasteiger partial charge in [-0.25, -0.2) is 4.79 Å². The van der Waals surface area contributed by atoms with Crippen molar-refractivity contribution in [2.75, 3.05) is 6.61 Å². The molecule has 0 aliphatic rings. The van der Waals surface area contributed by atoms with Crippen molar-refractivity contribution in [3.8, 4) is 5.75 Å². The standard InChI is InChI=1S/C22H21NO5/c1-16(17-8-4-2-5-9-17)23-21(24)15-27-22(25)20-13-12-19(28-20)14-26-18-10-6-3-7-11-18/h2-13,16H,14-15H2,1H3,(H,23,24)/t16-/m0/s1. The third kappa shape index (κ3) is 5.48. The van der Waals surface area contributed by atoms with Crippen LogP contribution in [0.3, 0.4) is 0 Å². The molecule has 144 valence electrons. The minimum Gasteiger partial charge on any atom is -0.486 e. The van der Waals surface area contributed by atoms with Crippen LogP contribution in [0.2, 0.25) is 0 Å². The molecule has 1 N–H and O–H groups in total. The molecule has 0 radical (unpaired) electrons. The third-order valence-corrected chi connectivity index (χ3v) is 4.00. The number of esters is 1. The van der Waals surface area contributed by atoms with E-state index in [1.807, 2.05) is 67.6 Å². The molecule has 1 heterocycles. The lowest BCUT2D eigenvalue weighted by Gasteiger charge is -2.14. The van der Waals surface area contributed by atoms with E-state index in [-0.39, 0.29) is 30.9 Å². The van der Waals surface area contributed by atoms with E-state index >= 15 is 0 Å². The zero-order valence-corrected chi connectivity index (χ0v) is 15.5. The van der Waals surface area contributed by atoms with Crippen molar-refractivity contribution in [1.29, 1.82) is 0 Å². The molecule has 0 spiro atoms. The number of hydrogen-bond donors (Lipinski definition) is 1. The van der Waals surface area contributed by atoms with Gasteiger partial charge in [0, 0.05) is 0 Å². The monoisotopic (exact) mass is 379 g/mol. The first-order chi connectivity index (χ1) is 13.6. The Kier molecular flexibility index (Phi) is 6.46. The summed E-state index contributed by atoms with van der Waals surface area (Å²) < 4.78 is 16.0. The largest absolute Gasteiger partial charge is 0.486 e. The first-order valence-electron chi connectivity index (χ1n) is 8.90. The molecule has 0 fully saturated rings. The highest BCUT2D eigenvalue weighted by molar-refractivity contribution is 5.88. The molecule has 0 aliphatic carbocycles. The molecule has 0 bridgehead atoms. The van der Waals surface area contributed by atoms with Gasteiger partial charge >= 0.3 is 5.97 Å². The summed E-state index contributed by atoms with van der Waals surface area (Å²) in [4.78, 5) is 24.0. The smallest absolute Gasteiger partial charge is 0.374 e. The molecule has 3 aromatic rings. The van der Waals surface area contributed by atoms with Crippen molar-refractivity contribution < 1.29 is 23.5 Å². The van der Waals surface area contributed by atoms with Gasteiger partial charge < -0.3 is 19.2 Å². The number of carbonyl (C=O) groups is 2. The highest BCUT2D eigenvalue weighted by atomic mass is 16.6. The SMILES string of the molecule is C[C@H](NC(=O)COC(=O)c1ccc(COc2ccccc2)o1)c1ccccc1. The van der Waals surface area contributed by atoms with Crippen LogP contribution in [0.4, 0.5) is 0 Å². The summed E-state index contributed by atoms with van der Waals surface area (Å²) >= 11 is 0. The molecule has 28 heavy (non-hydrogen) atoms. The molecule has 6 heteroatoms. The predicted molar refractivity (Wildman–Crippen MR) is 103 cm³/mol. The van der Waals surface area contributed by atoms with Crippen LogP contribution in [0, 0.1) is 0 Å². The van der Waals surface area contributed by atoms with E-state index in [9.17, 15) is 9.59 Å². The molecule has 1 atom stereocenters. The number of ether oxygens (including phenoxy) is 2. The number of hydrogen-bond acceptors (Lipinski definition) is 5. The van der Waals surface area contributed by atoms with E-state index in [1.165, 1.54) is 6.07 Å². The maximum Gasteiger partial charge on any atom is 0.374 e. The lowest BCUT2D eigenvalue weighted by Crippen LogP contribution is -2.31. The van der Waals surface area contributed by atoms with Gasteiger partial charge in [-0.3, -0.25) is 4.79 Å². The Bertz CT molecular complexity index is 905. The highest BCUT2D eigenvalue weighted by Crippen LogP contribution is 2.15. The normalized spacial score (nSPS) is 11.5. The van der Waals surface area contributed by atoms with E-state index < -0.39 is 5.97 Å². The maximum absolute atomic E-state index is 12.1. The fraction of sp³-hybridized carbons (Fsp3) is 0.182. The van der Waals surface area contributed by atoms with Crippen LogP contribution >= 0.6 is 0 Å². The summed E-state index contributed by atoms with van der Waals surface area (Å²) in [5, 5.41) is 2.78. The third-order valence-electron chi connectivity index (χ3n) is 4.00. The second-order valence-corrected chi connectivity index (χ2v) is 6.14. The fourth-order valence-electron chi connectivity index (χ4n) is 2.55. The number of rotatable bonds is 8. The number of para-hydroxylation sites is 1. The van der Waals surface area contributed by atoms with E-state index in [2.05, 4.69) is 5.32 Å². The van der Waals surface area contributed by atoms with Gasteiger partial charge in [0.1, 0.15) is 18.1 Å². The molecule has 0 unspecified atom stereocenters. The van der Waals surface area contributed by atoms with E-state index in [4.69, 9.17) is 13.9 Å². The quantitative estimate of drug-likeness (QED) is 0.601. The van der Waals surface area contributed by atoms with Crippen molar-refractivity contribution in [1.82, 2.24) is 5.32 Å². The molecule has 3 rings (SSSR count). The van der Waals surface area contributed by atoms with Crippen LogP contribution in [-0.4, -0.2) is 18.5 Å². The van der Waals surface area contributed by atoms with Gasteiger partial charge in [-0.1, -0.05) is 48.5 Å². The summed E-state index contributed by atoms with van der Waals surface area (Å²) in [6.07, 6.45) is 0. The van der Waals surface area contributed by atoms with E-state index in [1.54, 1.807) is 6.07 Å². The Morgan fingerprint density at radius 1 is 0.964 bits per heavy atom. The Hall–Kier alpha value is -3.54. The topological polar surface area (TPSA) is 77.8 Å². The van der Waals surface area contributed by atoms with Gasteiger partial charge in [0.05, 0.1) is 6.04 Å². The lowest BCUT2D eigenvalue weighted by molar-refractivity contribution is -0.124. The number of amides is 1. The second kappa shape index (κ2) is 9.41. The molecular weight excluding hydrogens is 358 g/mol. The van der Waals surface area contributed by atoms with Crippen molar-refractivity contribution >= 4 is 11.9 Å². The van der Waals surface area contributed by atoms with Crippen LogP contribution in [0.15, 0.2) is 77.2 Å². The molecular formula is C22H21NO5. The van der Waals surface area contributed by atoms with Gasteiger partial charge in [-0.05, 0) is 36.8 Å². The Morgan fingerprint density at radius 2 is 1.64 bits per heavy atom. The maximum atomic E-state index is 12.1. The molecule has 0 saturated carbocycles. The fourth-order valence-corrected chi connectivity index (χ4v) is 2.55. The number of benzene rings is 2. The van der Waals surface area contributed by atoms with Crippen LogP contribution in [0.5, 0.6) is 5.75 Å². The van der Waals surface area contributed by atoms with E-state index in [0.29, 0.717) is 11.5 Å². The molecule has 6 nitrogen and oxygen atoms in total. The van der Waals surface area contributed by atoms with E-state index in [0.717, 1.165) is 5.56 Å². The van der Waals surface area contributed by atoms with Gasteiger partial charge in [0.25, 0.3) is 5.91 Å². The lowest BCUT2D eigenvalue weighted by atomic mass is 10.1. The molecule has 0 saturated heterocycles. The molecule has 0 aliphatic heterocycles. The number of nitrogens with one attached hydrogen (secondary N) is 1. The molecule has 1 aromatic heterocycles. The van der Waals surface area contributed by atoms with Crippen LogP contribution in [0.25, 0.3) is 0 Å². The first-order valence-corrected chi connectivity index (χ1v) is 8.90. The Labute approximate surface area is 163 Å². The van der Waals surface area contributed by atoms with Crippen molar-refractivity contribution in [3.05, 3.63) is 89.9 Å². The van der Waals surface area contributed by atoms with Gasteiger partial charge in [-0.2, -0.15) is 0 Å². The zero-order valence-electron chi connectivity index (χ0n) is 15.5. The van der Waals surface area contributed by atoms with Crippen molar-refractivity contribution in [2.24, 2.45) is 0 Å². The van der Waals surface area contributed by atoms with Crippen LogP contribution < -0.4 is 10.1 Å². The Balaban J connectivity index is 1.44. The van der Waals surface area contributed by atoms with Crippen LogP contribution in [-0.2, 0) is 16.1 Å². The van der Waals surface area contributed by atoms with Gasteiger partial charge in [-0.15, -0.1) is 0 Å². The number of carbonyl (C=O) groups excluding carboxylic acids is 2. The Morgan fingerprint density at radius 3 is 2.36 bits per heavy atom. The summed E-state index contributed by atoms with van der Waals surface area (Å²) in [6.45, 7) is 1.67. The predicted octanol–water partition coefficient (Wildman–Crippen LogP) is 3.89. The van der Waals surface area contributed by atoms with Crippen molar-refractivity contribution in [3.63, 3.8) is 0 Å². The average molecular weight is 379 g/mol.